The molecular formula is C13H14Cl2N4. The van der Waals surface area contributed by atoms with Gasteiger partial charge in [-0.05, 0) is 43.3 Å². The molecule has 0 bridgehead atoms. The number of rotatable bonds is 2. The van der Waals surface area contributed by atoms with Crippen molar-refractivity contribution in [3.63, 3.8) is 0 Å². The fourth-order valence-corrected chi connectivity index (χ4v) is 2.83. The van der Waals surface area contributed by atoms with E-state index in [0.717, 1.165) is 36.2 Å². The largest absolute Gasteiger partial charge is 0.354 e. The number of nitrogens with one attached hydrogen (secondary N) is 1. The van der Waals surface area contributed by atoms with E-state index in [1.807, 2.05) is 25.2 Å². The first-order valence-electron chi connectivity index (χ1n) is 6.22. The van der Waals surface area contributed by atoms with Crippen molar-refractivity contribution in [3.8, 4) is 0 Å². The van der Waals surface area contributed by atoms with Crippen LogP contribution >= 0.6 is 23.2 Å². The third-order valence-electron chi connectivity index (χ3n) is 3.51. The Bertz CT molecular complexity index is 612. The van der Waals surface area contributed by atoms with Crippen LogP contribution in [0.4, 0.5) is 5.82 Å². The minimum atomic E-state index is 0.262. The third kappa shape index (κ3) is 2.48. The van der Waals surface area contributed by atoms with E-state index in [1.165, 1.54) is 0 Å². The van der Waals surface area contributed by atoms with Crippen molar-refractivity contribution in [2.45, 2.75) is 12.5 Å². The maximum absolute atomic E-state index is 6.02. The second-order valence-electron chi connectivity index (χ2n) is 4.70. The molecule has 1 aliphatic heterocycles. The standard InChI is InChI=1S/C13H14Cl2N4/c1-16-9-4-5-19(7-9)12-10-3-2-8(14)6-11(10)17-13(15)18-12/h2-3,6,9,16H,4-5,7H2,1H3. The molecule has 1 saturated heterocycles. The maximum atomic E-state index is 6.02. The Balaban J connectivity index is 2.08. The maximum Gasteiger partial charge on any atom is 0.224 e. The lowest BCUT2D eigenvalue weighted by Gasteiger charge is -2.19. The molecule has 0 aliphatic carbocycles. The van der Waals surface area contributed by atoms with Gasteiger partial charge in [-0.25, -0.2) is 4.98 Å². The van der Waals surface area contributed by atoms with Gasteiger partial charge in [-0.2, -0.15) is 4.98 Å². The second kappa shape index (κ2) is 5.12. The van der Waals surface area contributed by atoms with Gasteiger partial charge in [0.1, 0.15) is 5.82 Å². The zero-order chi connectivity index (χ0) is 13.4. The van der Waals surface area contributed by atoms with Crippen LogP contribution in [0, 0.1) is 0 Å². The fraction of sp³-hybridized carbons (Fsp3) is 0.385. The number of halogens is 2. The summed E-state index contributed by atoms with van der Waals surface area (Å²) < 4.78 is 0. The molecule has 0 radical (unpaired) electrons. The van der Waals surface area contributed by atoms with Gasteiger partial charge in [0.05, 0.1) is 5.52 Å². The van der Waals surface area contributed by atoms with E-state index >= 15 is 0 Å². The van der Waals surface area contributed by atoms with Gasteiger partial charge in [0.25, 0.3) is 0 Å². The van der Waals surface area contributed by atoms with Crippen LogP contribution in [-0.4, -0.2) is 36.1 Å². The van der Waals surface area contributed by atoms with Crippen LogP contribution in [-0.2, 0) is 0 Å². The number of benzene rings is 1. The highest BCUT2D eigenvalue weighted by Gasteiger charge is 2.24. The van der Waals surface area contributed by atoms with Gasteiger partial charge in [0.15, 0.2) is 0 Å². The molecule has 6 heteroatoms. The zero-order valence-electron chi connectivity index (χ0n) is 10.5. The molecule has 0 amide bonds. The van der Waals surface area contributed by atoms with E-state index in [1.54, 1.807) is 0 Å². The normalized spacial score (nSPS) is 19.3. The molecule has 0 spiro atoms. The van der Waals surface area contributed by atoms with E-state index in [0.29, 0.717) is 11.1 Å². The summed E-state index contributed by atoms with van der Waals surface area (Å²) in [5.74, 6) is 0.893. The van der Waals surface area contributed by atoms with Crippen LogP contribution in [0.1, 0.15) is 6.42 Å². The first-order chi connectivity index (χ1) is 9.17. The summed E-state index contributed by atoms with van der Waals surface area (Å²) in [4.78, 5) is 10.9. The molecule has 4 nitrogen and oxygen atoms in total. The number of hydrogen-bond donors (Lipinski definition) is 1. The van der Waals surface area contributed by atoms with Crippen molar-refractivity contribution in [1.82, 2.24) is 15.3 Å². The van der Waals surface area contributed by atoms with E-state index in [2.05, 4.69) is 20.2 Å². The van der Waals surface area contributed by atoms with Crippen LogP contribution in [0.2, 0.25) is 10.3 Å². The number of hydrogen-bond acceptors (Lipinski definition) is 4. The summed E-state index contributed by atoms with van der Waals surface area (Å²) in [7, 11) is 1.99. The molecule has 0 saturated carbocycles. The molecule has 1 fully saturated rings. The van der Waals surface area contributed by atoms with Crippen LogP contribution < -0.4 is 10.2 Å². The van der Waals surface area contributed by atoms with Gasteiger partial charge in [-0.15, -0.1) is 0 Å². The molecule has 2 heterocycles. The average molecular weight is 297 g/mol. The molecule has 100 valence electrons. The summed E-state index contributed by atoms with van der Waals surface area (Å²) in [6.07, 6.45) is 1.10. The first-order valence-corrected chi connectivity index (χ1v) is 6.98. The molecule has 2 aromatic rings. The van der Waals surface area contributed by atoms with Crippen LogP contribution in [0.3, 0.4) is 0 Å². The van der Waals surface area contributed by atoms with Crippen molar-refractivity contribution in [2.24, 2.45) is 0 Å². The highest BCUT2D eigenvalue weighted by atomic mass is 35.5. The molecule has 1 atom stereocenters. The minimum absolute atomic E-state index is 0.262. The quantitative estimate of drug-likeness (QED) is 0.865. The SMILES string of the molecule is CNC1CCN(c2nc(Cl)nc3cc(Cl)ccc23)C1. The van der Waals surface area contributed by atoms with E-state index < -0.39 is 0 Å². The van der Waals surface area contributed by atoms with Gasteiger partial charge in [-0.1, -0.05) is 11.6 Å². The number of aromatic nitrogens is 2. The Morgan fingerprint density at radius 1 is 1.32 bits per heavy atom. The Hall–Kier alpha value is -1.10. The van der Waals surface area contributed by atoms with Gasteiger partial charge < -0.3 is 10.2 Å². The predicted molar refractivity (Wildman–Crippen MR) is 79.2 cm³/mol. The molecule has 1 aromatic carbocycles. The van der Waals surface area contributed by atoms with Crippen molar-refractivity contribution >= 4 is 39.9 Å². The fourth-order valence-electron chi connectivity index (χ4n) is 2.49. The van der Waals surface area contributed by atoms with Crippen LogP contribution in [0.25, 0.3) is 10.9 Å². The van der Waals surface area contributed by atoms with Crippen molar-refractivity contribution in [3.05, 3.63) is 28.5 Å². The van der Waals surface area contributed by atoms with E-state index in [4.69, 9.17) is 23.2 Å². The van der Waals surface area contributed by atoms with Gasteiger partial charge in [0.2, 0.25) is 5.28 Å². The Morgan fingerprint density at radius 2 is 2.16 bits per heavy atom. The third-order valence-corrected chi connectivity index (χ3v) is 3.91. The Kier molecular flexibility index (Phi) is 3.48. The highest BCUT2D eigenvalue weighted by Crippen LogP contribution is 2.29. The lowest BCUT2D eigenvalue weighted by atomic mass is 10.2. The van der Waals surface area contributed by atoms with Crippen molar-refractivity contribution in [2.75, 3.05) is 25.0 Å². The van der Waals surface area contributed by atoms with Gasteiger partial charge >= 0.3 is 0 Å². The molecule has 3 rings (SSSR count). The van der Waals surface area contributed by atoms with E-state index in [9.17, 15) is 0 Å². The zero-order valence-corrected chi connectivity index (χ0v) is 12.0. The molecular weight excluding hydrogens is 283 g/mol. The second-order valence-corrected chi connectivity index (χ2v) is 5.47. The number of likely N-dealkylation sites (N-methyl/N-ethyl adjacent to an activating group) is 1. The molecule has 19 heavy (non-hydrogen) atoms. The van der Waals surface area contributed by atoms with Crippen LogP contribution in [0.5, 0.6) is 0 Å². The predicted octanol–water partition coefficient (Wildman–Crippen LogP) is 2.73. The summed E-state index contributed by atoms with van der Waals surface area (Å²) in [6.45, 7) is 1.90. The Labute approximate surface area is 121 Å². The first kappa shape index (κ1) is 12.9. The smallest absolute Gasteiger partial charge is 0.224 e. The van der Waals surface area contributed by atoms with Gasteiger partial charge in [-0.3, -0.25) is 0 Å². The highest BCUT2D eigenvalue weighted by molar-refractivity contribution is 6.31. The van der Waals surface area contributed by atoms with Crippen molar-refractivity contribution < 1.29 is 0 Å². The minimum Gasteiger partial charge on any atom is -0.354 e. The van der Waals surface area contributed by atoms with Gasteiger partial charge in [0, 0.05) is 29.5 Å². The summed E-state index contributed by atoms with van der Waals surface area (Å²) in [6, 6.07) is 6.13. The summed E-state index contributed by atoms with van der Waals surface area (Å²) >= 11 is 12.0. The monoisotopic (exact) mass is 296 g/mol. The molecule has 1 aromatic heterocycles. The number of fused-ring (bicyclic) bond motifs is 1. The van der Waals surface area contributed by atoms with Crippen LogP contribution in [0.15, 0.2) is 18.2 Å². The summed E-state index contributed by atoms with van der Waals surface area (Å²) in [5.41, 5.74) is 0.787. The lowest BCUT2D eigenvalue weighted by Crippen LogP contribution is -2.30. The number of anilines is 1. The Morgan fingerprint density at radius 3 is 2.89 bits per heavy atom. The van der Waals surface area contributed by atoms with E-state index in [-0.39, 0.29) is 5.28 Å². The summed E-state index contributed by atoms with van der Waals surface area (Å²) in [5, 5.41) is 5.20. The molecule has 1 aliphatic rings. The molecule has 1 unspecified atom stereocenters. The molecule has 1 N–H and O–H groups in total. The number of nitrogens with zero attached hydrogens (tertiary/aromatic N) is 3. The topological polar surface area (TPSA) is 41.0 Å². The van der Waals surface area contributed by atoms with Crippen molar-refractivity contribution in [1.29, 1.82) is 0 Å². The average Bonchev–Trinajstić information content (AvgIpc) is 2.85. The lowest BCUT2D eigenvalue weighted by molar-refractivity contribution is 0.616.